The van der Waals surface area contributed by atoms with Crippen molar-refractivity contribution >= 4 is 0 Å². The van der Waals surface area contributed by atoms with Crippen LogP contribution in [0.2, 0.25) is 0 Å². The summed E-state index contributed by atoms with van der Waals surface area (Å²) in [7, 11) is 0. The first kappa shape index (κ1) is 13.3. The van der Waals surface area contributed by atoms with Crippen LogP contribution in [-0.2, 0) is 0 Å². The van der Waals surface area contributed by atoms with Gasteiger partial charge in [0.1, 0.15) is 11.9 Å². The zero-order chi connectivity index (χ0) is 13.0. The van der Waals surface area contributed by atoms with E-state index in [-0.39, 0.29) is 17.9 Å². The third-order valence-electron chi connectivity index (χ3n) is 3.34. The van der Waals surface area contributed by atoms with Crippen LogP contribution in [-0.4, -0.2) is 18.7 Å². The highest BCUT2D eigenvalue weighted by Gasteiger charge is 2.26. The Morgan fingerprint density at radius 3 is 2.78 bits per heavy atom. The highest BCUT2D eigenvalue weighted by Crippen LogP contribution is 2.26. The average Bonchev–Trinajstić information content (AvgIpc) is 2.35. The van der Waals surface area contributed by atoms with Crippen molar-refractivity contribution in [2.75, 3.05) is 6.54 Å². The topological polar surface area (TPSA) is 21.3 Å². The lowest BCUT2D eigenvalue weighted by atomic mass is 9.92. The predicted octanol–water partition coefficient (Wildman–Crippen LogP) is 3.26. The molecule has 0 aliphatic heterocycles. The molecule has 0 saturated heterocycles. The lowest BCUT2D eigenvalue weighted by Gasteiger charge is -2.32. The molecule has 2 atom stereocenters. The number of halogens is 2. The van der Waals surface area contributed by atoms with Crippen LogP contribution in [0.3, 0.4) is 0 Å². The molecule has 2 nitrogen and oxygen atoms in total. The van der Waals surface area contributed by atoms with Crippen LogP contribution < -0.4 is 10.1 Å². The first-order chi connectivity index (χ1) is 8.70. The molecule has 4 heteroatoms. The molecule has 18 heavy (non-hydrogen) atoms. The van der Waals surface area contributed by atoms with Gasteiger partial charge in [0, 0.05) is 12.1 Å². The van der Waals surface area contributed by atoms with Crippen LogP contribution in [0.5, 0.6) is 5.75 Å². The Bertz CT molecular complexity index is 395. The molecule has 1 aromatic carbocycles. The summed E-state index contributed by atoms with van der Waals surface area (Å²) in [5.41, 5.74) is 0. The maximum Gasteiger partial charge on any atom is 0.167 e. The number of hydrogen-bond acceptors (Lipinski definition) is 2. The average molecular weight is 255 g/mol. The molecule has 1 fully saturated rings. The van der Waals surface area contributed by atoms with E-state index in [0.717, 1.165) is 31.9 Å². The minimum atomic E-state index is -0.629. The van der Waals surface area contributed by atoms with E-state index in [4.69, 9.17) is 4.74 Å². The third-order valence-corrected chi connectivity index (χ3v) is 3.34. The van der Waals surface area contributed by atoms with Gasteiger partial charge in [-0.05, 0) is 37.9 Å². The fourth-order valence-electron chi connectivity index (χ4n) is 2.47. The van der Waals surface area contributed by atoms with E-state index in [9.17, 15) is 8.78 Å². The van der Waals surface area contributed by atoms with Gasteiger partial charge in [0.05, 0.1) is 0 Å². The lowest BCUT2D eigenvalue weighted by Crippen LogP contribution is -2.45. The van der Waals surface area contributed by atoms with Crippen molar-refractivity contribution in [3.05, 3.63) is 29.8 Å². The molecule has 100 valence electrons. The van der Waals surface area contributed by atoms with E-state index in [2.05, 4.69) is 5.32 Å². The molecule has 0 bridgehead atoms. The third kappa shape index (κ3) is 3.19. The number of rotatable bonds is 4. The van der Waals surface area contributed by atoms with Gasteiger partial charge in [-0.3, -0.25) is 0 Å². The van der Waals surface area contributed by atoms with Crippen molar-refractivity contribution in [3.8, 4) is 5.75 Å². The van der Waals surface area contributed by atoms with Gasteiger partial charge in [0.2, 0.25) is 0 Å². The zero-order valence-corrected chi connectivity index (χ0v) is 10.6. The van der Waals surface area contributed by atoms with Gasteiger partial charge in [-0.15, -0.1) is 0 Å². The Hall–Kier alpha value is -1.16. The number of likely N-dealkylation sites (N-methyl/N-ethyl adjacent to an activating group) is 1. The van der Waals surface area contributed by atoms with Crippen LogP contribution in [0.4, 0.5) is 8.78 Å². The highest BCUT2D eigenvalue weighted by molar-refractivity contribution is 5.25. The second kappa shape index (κ2) is 6.14. The molecule has 0 spiro atoms. The Kier molecular flexibility index (Phi) is 4.53. The van der Waals surface area contributed by atoms with E-state index in [1.807, 2.05) is 6.92 Å². The first-order valence-corrected chi connectivity index (χ1v) is 6.55. The number of nitrogens with one attached hydrogen (secondary N) is 1. The molecule has 2 rings (SSSR count). The molecule has 2 unspecified atom stereocenters. The normalized spacial score (nSPS) is 23.9. The van der Waals surface area contributed by atoms with Crippen molar-refractivity contribution < 1.29 is 13.5 Å². The number of hydrogen-bond donors (Lipinski definition) is 1. The summed E-state index contributed by atoms with van der Waals surface area (Å²) in [5, 5.41) is 3.36. The SMILES string of the molecule is CCNC1CCCCC1Oc1ccc(F)cc1F. The Labute approximate surface area is 106 Å². The predicted molar refractivity (Wildman–Crippen MR) is 66.7 cm³/mol. The van der Waals surface area contributed by atoms with E-state index in [0.29, 0.717) is 0 Å². The van der Waals surface area contributed by atoms with Gasteiger partial charge in [0.25, 0.3) is 0 Å². The molecular weight excluding hydrogens is 236 g/mol. The van der Waals surface area contributed by atoms with Crippen molar-refractivity contribution in [1.29, 1.82) is 0 Å². The number of benzene rings is 1. The molecule has 0 radical (unpaired) electrons. The maximum atomic E-state index is 13.5. The molecule has 1 aliphatic carbocycles. The highest BCUT2D eigenvalue weighted by atomic mass is 19.1. The van der Waals surface area contributed by atoms with Gasteiger partial charge < -0.3 is 10.1 Å². The van der Waals surface area contributed by atoms with Crippen molar-refractivity contribution in [1.82, 2.24) is 5.32 Å². The summed E-state index contributed by atoms with van der Waals surface area (Å²) in [6.45, 7) is 2.92. The Morgan fingerprint density at radius 2 is 2.06 bits per heavy atom. The molecule has 1 N–H and O–H groups in total. The van der Waals surface area contributed by atoms with Gasteiger partial charge in [-0.2, -0.15) is 0 Å². The largest absolute Gasteiger partial charge is 0.486 e. The minimum Gasteiger partial charge on any atom is -0.486 e. The van der Waals surface area contributed by atoms with Gasteiger partial charge in [0.15, 0.2) is 11.6 Å². The summed E-state index contributed by atoms with van der Waals surface area (Å²) in [5.74, 6) is -1.06. The Morgan fingerprint density at radius 1 is 1.28 bits per heavy atom. The maximum absolute atomic E-state index is 13.5. The van der Waals surface area contributed by atoms with Crippen LogP contribution >= 0.6 is 0 Å². The molecule has 0 aromatic heterocycles. The fourth-order valence-corrected chi connectivity index (χ4v) is 2.47. The zero-order valence-electron chi connectivity index (χ0n) is 10.6. The van der Waals surface area contributed by atoms with Crippen LogP contribution in [0, 0.1) is 11.6 Å². The standard InChI is InChI=1S/C14H19F2NO/c1-2-17-12-5-3-4-6-14(12)18-13-8-7-10(15)9-11(13)16/h7-9,12,14,17H,2-6H2,1H3. The Balaban J connectivity index is 2.06. The van der Waals surface area contributed by atoms with E-state index in [1.165, 1.54) is 18.6 Å². The minimum absolute atomic E-state index is 0.0290. The van der Waals surface area contributed by atoms with Crippen LogP contribution in [0.15, 0.2) is 18.2 Å². The van der Waals surface area contributed by atoms with E-state index in [1.54, 1.807) is 0 Å². The molecular formula is C14H19F2NO. The van der Waals surface area contributed by atoms with E-state index < -0.39 is 11.6 Å². The second-order valence-electron chi connectivity index (χ2n) is 4.68. The molecule has 0 amide bonds. The number of ether oxygens (including phenoxy) is 1. The molecule has 1 saturated carbocycles. The van der Waals surface area contributed by atoms with Gasteiger partial charge in [-0.25, -0.2) is 8.78 Å². The molecule has 1 aromatic rings. The van der Waals surface area contributed by atoms with Gasteiger partial charge in [-0.1, -0.05) is 13.3 Å². The van der Waals surface area contributed by atoms with Crippen LogP contribution in [0.1, 0.15) is 32.6 Å². The monoisotopic (exact) mass is 255 g/mol. The molecule has 0 heterocycles. The summed E-state index contributed by atoms with van der Waals surface area (Å²) in [6.07, 6.45) is 4.19. The lowest BCUT2D eigenvalue weighted by molar-refractivity contribution is 0.110. The summed E-state index contributed by atoms with van der Waals surface area (Å²) in [4.78, 5) is 0. The van der Waals surface area contributed by atoms with Crippen molar-refractivity contribution in [3.63, 3.8) is 0 Å². The van der Waals surface area contributed by atoms with Crippen molar-refractivity contribution in [2.24, 2.45) is 0 Å². The fraction of sp³-hybridized carbons (Fsp3) is 0.571. The summed E-state index contributed by atoms with van der Waals surface area (Å²) in [6, 6.07) is 3.71. The van der Waals surface area contributed by atoms with Gasteiger partial charge >= 0.3 is 0 Å². The molecule has 1 aliphatic rings. The van der Waals surface area contributed by atoms with Crippen LogP contribution in [0.25, 0.3) is 0 Å². The van der Waals surface area contributed by atoms with E-state index >= 15 is 0 Å². The quantitative estimate of drug-likeness (QED) is 0.891. The summed E-state index contributed by atoms with van der Waals surface area (Å²) < 4.78 is 32.1. The van der Waals surface area contributed by atoms with Crippen molar-refractivity contribution in [2.45, 2.75) is 44.8 Å². The summed E-state index contributed by atoms with van der Waals surface area (Å²) >= 11 is 0. The smallest absolute Gasteiger partial charge is 0.167 e. The second-order valence-corrected chi connectivity index (χ2v) is 4.68. The first-order valence-electron chi connectivity index (χ1n) is 6.55.